The summed E-state index contributed by atoms with van der Waals surface area (Å²) in [6, 6.07) is 13.9. The Morgan fingerprint density at radius 2 is 1.48 bits per heavy atom. The van der Waals surface area contributed by atoms with Crippen LogP contribution in [0.15, 0.2) is 53.0 Å². The summed E-state index contributed by atoms with van der Waals surface area (Å²) in [6.07, 6.45) is 3.04. The van der Waals surface area contributed by atoms with Gasteiger partial charge in [-0.3, -0.25) is 9.59 Å². The average Bonchev–Trinajstić information content (AvgIpc) is 2.49. The molecule has 0 aromatic heterocycles. The van der Waals surface area contributed by atoms with Gasteiger partial charge in [-0.05, 0) is 51.4 Å². The predicted octanol–water partition coefficient (Wildman–Crippen LogP) is 4.53. The van der Waals surface area contributed by atoms with Gasteiger partial charge in [0, 0.05) is 10.0 Å². The minimum Gasteiger partial charge on any atom is -0.286 e. The number of Topliss-reactive ketones (excluding diaryl/α,β-unsaturated/α-hetero) is 1. The molecular formula is C18H9BrO2. The third-order valence-corrected chi connectivity index (χ3v) is 4.50. The molecule has 4 rings (SSSR count). The Morgan fingerprint density at radius 1 is 0.810 bits per heavy atom. The van der Waals surface area contributed by atoms with Crippen molar-refractivity contribution in [2.75, 3.05) is 0 Å². The molecule has 2 nitrogen and oxygen atoms in total. The van der Waals surface area contributed by atoms with Crippen molar-refractivity contribution in [1.82, 2.24) is 0 Å². The lowest BCUT2D eigenvalue weighted by atomic mass is 9.89. The van der Waals surface area contributed by atoms with Crippen molar-refractivity contribution in [2.24, 2.45) is 0 Å². The Morgan fingerprint density at radius 3 is 2.19 bits per heavy atom. The molecule has 0 aliphatic heterocycles. The van der Waals surface area contributed by atoms with Gasteiger partial charge in [0.05, 0.1) is 0 Å². The highest BCUT2D eigenvalue weighted by molar-refractivity contribution is 9.10. The topological polar surface area (TPSA) is 34.1 Å². The molecule has 0 spiro atoms. The minimum absolute atomic E-state index is 0.430. The van der Waals surface area contributed by atoms with Crippen molar-refractivity contribution < 1.29 is 9.59 Å². The van der Waals surface area contributed by atoms with Crippen molar-refractivity contribution in [3.05, 3.63) is 64.1 Å². The molecule has 0 atom stereocenters. The lowest BCUT2D eigenvalue weighted by Gasteiger charge is -2.14. The fourth-order valence-electron chi connectivity index (χ4n) is 2.84. The number of rotatable bonds is 0. The summed E-state index contributed by atoms with van der Waals surface area (Å²) < 4.78 is 0.925. The quantitative estimate of drug-likeness (QED) is 0.446. The first-order valence-corrected chi connectivity index (χ1v) is 7.36. The lowest BCUT2D eigenvalue weighted by molar-refractivity contribution is -0.110. The number of hydrogen-bond donors (Lipinski definition) is 0. The number of halogens is 1. The van der Waals surface area contributed by atoms with E-state index in [1.54, 1.807) is 6.08 Å². The van der Waals surface area contributed by atoms with Gasteiger partial charge in [0.15, 0.2) is 0 Å². The van der Waals surface area contributed by atoms with Gasteiger partial charge in [-0.25, -0.2) is 0 Å². The molecule has 0 radical (unpaired) electrons. The second kappa shape index (κ2) is 4.37. The van der Waals surface area contributed by atoms with Crippen LogP contribution < -0.4 is 0 Å². The number of carbonyl (C=O) groups excluding carboxylic acids is 2. The molecule has 0 unspecified atom stereocenters. The molecule has 0 N–H and O–H groups in total. The average molecular weight is 337 g/mol. The summed E-state index contributed by atoms with van der Waals surface area (Å²) >= 11 is 3.57. The third kappa shape index (κ3) is 1.78. The second-order valence-electron chi connectivity index (χ2n) is 5.09. The maximum absolute atomic E-state index is 12.3. The number of carbonyl (C=O) groups is 2. The van der Waals surface area contributed by atoms with Crippen LogP contribution >= 0.6 is 15.9 Å². The molecule has 3 heteroatoms. The highest BCUT2D eigenvalue weighted by atomic mass is 79.9. The summed E-state index contributed by atoms with van der Waals surface area (Å²) in [5, 5.41) is 3.93. The minimum atomic E-state index is -0.459. The first kappa shape index (κ1) is 12.5. The van der Waals surface area contributed by atoms with Gasteiger partial charge in [-0.2, -0.15) is 0 Å². The highest BCUT2D eigenvalue weighted by Gasteiger charge is 2.24. The van der Waals surface area contributed by atoms with Crippen LogP contribution in [0.2, 0.25) is 0 Å². The number of hydrogen-bond acceptors (Lipinski definition) is 2. The van der Waals surface area contributed by atoms with E-state index in [4.69, 9.17) is 0 Å². The van der Waals surface area contributed by atoms with Crippen molar-refractivity contribution >= 4 is 55.1 Å². The van der Waals surface area contributed by atoms with E-state index < -0.39 is 11.6 Å². The molecule has 100 valence electrons. The van der Waals surface area contributed by atoms with Crippen LogP contribution in [-0.4, -0.2) is 11.6 Å². The lowest BCUT2D eigenvalue weighted by Crippen LogP contribution is -2.16. The van der Waals surface area contributed by atoms with Gasteiger partial charge < -0.3 is 0 Å². The van der Waals surface area contributed by atoms with Crippen LogP contribution in [0.4, 0.5) is 0 Å². The predicted molar refractivity (Wildman–Crippen MR) is 87.5 cm³/mol. The highest BCUT2D eigenvalue weighted by Crippen LogP contribution is 2.35. The SMILES string of the molecule is O=C1C=Cc2cc(Br)c3cc4ccccc4cc3c2C1=O. The standard InChI is InChI=1S/C18H9BrO2/c19-15-9-12-5-6-16(20)18(21)17(12)14-8-11-4-2-1-3-10(11)7-13(14)15/h1-9H. The Balaban J connectivity index is 2.22. The van der Waals surface area contributed by atoms with E-state index in [0.717, 1.165) is 31.6 Å². The Bertz CT molecular complexity index is 983. The monoisotopic (exact) mass is 336 g/mol. The molecule has 0 heterocycles. The molecule has 1 aliphatic carbocycles. The summed E-state index contributed by atoms with van der Waals surface area (Å²) in [4.78, 5) is 24.0. The molecule has 0 saturated carbocycles. The smallest absolute Gasteiger partial charge is 0.234 e. The summed E-state index contributed by atoms with van der Waals surface area (Å²) in [5.74, 6) is -0.889. The molecule has 0 saturated heterocycles. The third-order valence-electron chi connectivity index (χ3n) is 3.85. The molecule has 1 aliphatic rings. The van der Waals surface area contributed by atoms with E-state index in [1.165, 1.54) is 6.08 Å². The van der Waals surface area contributed by atoms with Crippen LogP contribution in [0.3, 0.4) is 0 Å². The van der Waals surface area contributed by atoms with Gasteiger partial charge in [0.1, 0.15) is 0 Å². The molecular weight excluding hydrogens is 328 g/mol. The maximum Gasteiger partial charge on any atom is 0.234 e. The zero-order chi connectivity index (χ0) is 14.6. The van der Waals surface area contributed by atoms with E-state index in [2.05, 4.69) is 15.9 Å². The number of benzene rings is 3. The molecule has 3 aromatic rings. The number of ketones is 2. The Hall–Kier alpha value is -2.26. The summed E-state index contributed by atoms with van der Waals surface area (Å²) in [5.41, 5.74) is 1.29. The molecule has 3 aromatic carbocycles. The van der Waals surface area contributed by atoms with Gasteiger partial charge in [0.25, 0.3) is 0 Å². The van der Waals surface area contributed by atoms with Gasteiger partial charge in [-0.15, -0.1) is 0 Å². The summed E-state index contributed by atoms with van der Waals surface area (Å²) in [7, 11) is 0. The van der Waals surface area contributed by atoms with Crippen molar-refractivity contribution in [3.8, 4) is 0 Å². The van der Waals surface area contributed by atoms with E-state index >= 15 is 0 Å². The van der Waals surface area contributed by atoms with E-state index in [1.807, 2.05) is 42.5 Å². The largest absolute Gasteiger partial charge is 0.286 e. The maximum atomic E-state index is 12.3. The molecule has 0 bridgehead atoms. The number of allylic oxidation sites excluding steroid dienone is 1. The van der Waals surface area contributed by atoms with Gasteiger partial charge in [0.2, 0.25) is 11.6 Å². The van der Waals surface area contributed by atoms with Gasteiger partial charge >= 0.3 is 0 Å². The van der Waals surface area contributed by atoms with Crippen LogP contribution in [-0.2, 0) is 4.79 Å². The first-order chi connectivity index (χ1) is 10.1. The fraction of sp³-hybridized carbons (Fsp3) is 0. The van der Waals surface area contributed by atoms with Crippen molar-refractivity contribution in [2.45, 2.75) is 0 Å². The molecule has 0 fully saturated rings. The first-order valence-electron chi connectivity index (χ1n) is 6.57. The van der Waals surface area contributed by atoms with E-state index in [0.29, 0.717) is 5.56 Å². The van der Waals surface area contributed by atoms with Crippen molar-refractivity contribution in [3.63, 3.8) is 0 Å². The fourth-order valence-corrected chi connectivity index (χ4v) is 3.41. The van der Waals surface area contributed by atoms with Crippen LogP contribution in [0.5, 0.6) is 0 Å². The van der Waals surface area contributed by atoms with Gasteiger partial charge in [-0.1, -0.05) is 46.3 Å². The van der Waals surface area contributed by atoms with Crippen LogP contribution in [0.25, 0.3) is 27.6 Å². The zero-order valence-electron chi connectivity index (χ0n) is 10.9. The van der Waals surface area contributed by atoms with Crippen LogP contribution in [0, 0.1) is 0 Å². The second-order valence-corrected chi connectivity index (χ2v) is 5.95. The number of fused-ring (bicyclic) bond motifs is 4. The molecule has 0 amide bonds. The Kier molecular flexibility index (Phi) is 2.59. The van der Waals surface area contributed by atoms with E-state index in [-0.39, 0.29) is 0 Å². The van der Waals surface area contributed by atoms with E-state index in [9.17, 15) is 9.59 Å². The van der Waals surface area contributed by atoms with Crippen LogP contribution in [0.1, 0.15) is 15.9 Å². The van der Waals surface area contributed by atoms with Crippen molar-refractivity contribution in [1.29, 1.82) is 0 Å². The Labute approximate surface area is 129 Å². The normalized spacial score (nSPS) is 14.0. The zero-order valence-corrected chi connectivity index (χ0v) is 12.5. The summed E-state index contributed by atoms with van der Waals surface area (Å²) in [6.45, 7) is 0. The molecule has 21 heavy (non-hydrogen) atoms.